The number of rotatable bonds is 7. The van der Waals surface area contributed by atoms with Gasteiger partial charge >= 0.3 is 0 Å². The molecule has 0 spiro atoms. The molecule has 0 atom stereocenters. The van der Waals surface area contributed by atoms with Crippen LogP contribution in [0.25, 0.3) is 0 Å². The number of amides is 1. The first-order valence-electron chi connectivity index (χ1n) is 10.8. The van der Waals surface area contributed by atoms with Gasteiger partial charge in [0.05, 0.1) is 5.69 Å². The van der Waals surface area contributed by atoms with Crippen molar-refractivity contribution in [2.45, 2.75) is 62.8 Å². The van der Waals surface area contributed by atoms with Crippen LogP contribution >= 0.6 is 10.7 Å². The maximum atomic E-state index is 12.9. The maximum absolute atomic E-state index is 12.9. The van der Waals surface area contributed by atoms with Gasteiger partial charge in [-0.05, 0) is 56.2 Å². The number of aryl methyl sites for hydroxylation is 1. The third kappa shape index (κ3) is 5.54. The van der Waals surface area contributed by atoms with E-state index in [1.807, 2.05) is 0 Å². The highest BCUT2D eigenvalue weighted by molar-refractivity contribution is 8.13. The summed E-state index contributed by atoms with van der Waals surface area (Å²) in [7, 11) is 1.55. The van der Waals surface area contributed by atoms with Gasteiger partial charge in [0.2, 0.25) is 0 Å². The lowest BCUT2D eigenvalue weighted by molar-refractivity contribution is 0.102. The van der Waals surface area contributed by atoms with Crippen molar-refractivity contribution in [3.8, 4) is 0 Å². The molecule has 166 valence electrons. The number of halogens is 1. The van der Waals surface area contributed by atoms with Gasteiger partial charge in [-0.15, -0.1) is 0 Å². The fourth-order valence-corrected chi connectivity index (χ4v) is 5.24. The summed E-state index contributed by atoms with van der Waals surface area (Å²) in [5.41, 5.74) is 1.05. The van der Waals surface area contributed by atoms with Gasteiger partial charge < -0.3 is 10.2 Å². The molecule has 2 aliphatic carbocycles. The highest BCUT2D eigenvalue weighted by Gasteiger charge is 2.30. The van der Waals surface area contributed by atoms with Crippen LogP contribution < -0.4 is 10.2 Å². The van der Waals surface area contributed by atoms with Gasteiger partial charge in [-0.2, -0.15) is 0 Å². The van der Waals surface area contributed by atoms with Gasteiger partial charge in [-0.3, -0.25) is 4.79 Å². The molecule has 0 bridgehead atoms. The topological polar surface area (TPSA) is 92.3 Å². The zero-order valence-electron chi connectivity index (χ0n) is 17.6. The Labute approximate surface area is 187 Å². The molecule has 31 heavy (non-hydrogen) atoms. The Balaban J connectivity index is 1.58. The zero-order chi connectivity index (χ0) is 22.0. The second-order valence-corrected chi connectivity index (χ2v) is 11.1. The van der Waals surface area contributed by atoms with Gasteiger partial charge in [0.15, 0.2) is 0 Å². The lowest BCUT2D eigenvalue weighted by atomic mass is 9.94. The van der Waals surface area contributed by atoms with Crippen LogP contribution in [-0.2, 0) is 9.05 Å². The van der Waals surface area contributed by atoms with Crippen LogP contribution in [0.5, 0.6) is 0 Å². The number of hydrogen-bond acceptors (Lipinski definition) is 6. The second-order valence-electron chi connectivity index (χ2n) is 8.54. The molecule has 0 saturated heterocycles. The minimum Gasteiger partial charge on any atom is -0.353 e. The van der Waals surface area contributed by atoms with Crippen molar-refractivity contribution in [1.29, 1.82) is 0 Å². The molecule has 4 rings (SSSR count). The van der Waals surface area contributed by atoms with E-state index in [0.717, 1.165) is 30.8 Å². The SMILES string of the molecule is Cc1ccc(NC(=O)c2cc(N(CC3CC3)C3CCCCC3)ncn2)c(S(=O)(=O)Cl)c1. The number of carbonyl (C=O) groups is 1. The molecule has 1 aromatic carbocycles. The number of nitrogens with zero attached hydrogens (tertiary/aromatic N) is 3. The molecule has 1 amide bonds. The van der Waals surface area contributed by atoms with Crippen LogP contribution in [0.15, 0.2) is 35.5 Å². The average molecular weight is 463 g/mol. The van der Waals surface area contributed by atoms with Crippen LogP contribution in [0.3, 0.4) is 0 Å². The number of benzene rings is 1. The van der Waals surface area contributed by atoms with Crippen LogP contribution in [0.4, 0.5) is 11.5 Å². The standard InChI is InChI=1S/C22H27ClN4O3S/c1-15-7-10-18(20(11-15)31(23,29)30)26-22(28)19-12-21(25-14-24-19)27(13-16-8-9-16)17-5-3-2-4-6-17/h7,10-12,14,16-17H,2-6,8-9,13H2,1H3,(H,26,28). The quantitative estimate of drug-likeness (QED) is 0.608. The Morgan fingerprint density at radius 1 is 1.13 bits per heavy atom. The number of carbonyl (C=O) groups excluding carboxylic acids is 1. The molecule has 0 aliphatic heterocycles. The smallest absolute Gasteiger partial charge is 0.274 e. The Kier molecular flexibility index (Phi) is 6.48. The molecule has 1 aromatic heterocycles. The minimum atomic E-state index is -4.01. The molecule has 7 nitrogen and oxygen atoms in total. The van der Waals surface area contributed by atoms with Gasteiger partial charge in [0, 0.05) is 29.3 Å². The molecule has 0 radical (unpaired) electrons. The van der Waals surface area contributed by atoms with Gasteiger partial charge in [-0.1, -0.05) is 25.3 Å². The van der Waals surface area contributed by atoms with E-state index in [2.05, 4.69) is 20.2 Å². The Morgan fingerprint density at radius 2 is 1.87 bits per heavy atom. The van der Waals surface area contributed by atoms with E-state index < -0.39 is 15.0 Å². The summed E-state index contributed by atoms with van der Waals surface area (Å²) in [6.45, 7) is 2.71. The monoisotopic (exact) mass is 462 g/mol. The fraction of sp³-hybridized carbons (Fsp3) is 0.500. The summed E-state index contributed by atoms with van der Waals surface area (Å²) < 4.78 is 23.9. The van der Waals surface area contributed by atoms with Crippen molar-refractivity contribution >= 4 is 37.1 Å². The molecule has 1 N–H and O–H groups in total. The normalized spacial score (nSPS) is 17.4. The summed E-state index contributed by atoms with van der Waals surface area (Å²) in [4.78, 5) is 23.7. The highest BCUT2D eigenvalue weighted by Crippen LogP contribution is 2.34. The van der Waals surface area contributed by atoms with E-state index in [-0.39, 0.29) is 16.3 Å². The second kappa shape index (κ2) is 9.12. The van der Waals surface area contributed by atoms with E-state index in [0.29, 0.717) is 12.0 Å². The maximum Gasteiger partial charge on any atom is 0.274 e. The molecule has 2 fully saturated rings. The van der Waals surface area contributed by atoms with Crippen LogP contribution in [0.2, 0.25) is 0 Å². The van der Waals surface area contributed by atoms with Gasteiger partial charge in [-0.25, -0.2) is 18.4 Å². The minimum absolute atomic E-state index is 0.130. The largest absolute Gasteiger partial charge is 0.353 e. The Hall–Kier alpha value is -2.19. The lowest BCUT2D eigenvalue weighted by Crippen LogP contribution is -2.39. The molecule has 2 aliphatic rings. The first-order chi connectivity index (χ1) is 14.8. The third-order valence-corrected chi connectivity index (χ3v) is 7.36. The molecular weight excluding hydrogens is 436 g/mol. The number of anilines is 2. The summed E-state index contributed by atoms with van der Waals surface area (Å²) in [5, 5.41) is 2.65. The predicted octanol–water partition coefficient (Wildman–Crippen LogP) is 4.51. The molecular formula is C22H27ClN4O3S. The Bertz CT molecular complexity index is 1070. The summed E-state index contributed by atoms with van der Waals surface area (Å²) in [6, 6.07) is 6.82. The van der Waals surface area contributed by atoms with Crippen molar-refractivity contribution in [1.82, 2.24) is 9.97 Å². The van der Waals surface area contributed by atoms with Crippen LogP contribution in [0, 0.1) is 12.8 Å². The van der Waals surface area contributed by atoms with E-state index in [9.17, 15) is 13.2 Å². The van der Waals surface area contributed by atoms with E-state index in [1.165, 1.54) is 50.6 Å². The van der Waals surface area contributed by atoms with Crippen molar-refractivity contribution < 1.29 is 13.2 Å². The molecule has 1 heterocycles. The summed E-state index contributed by atoms with van der Waals surface area (Å²) >= 11 is 0. The predicted molar refractivity (Wildman–Crippen MR) is 121 cm³/mol. The molecule has 9 heteroatoms. The number of aromatic nitrogens is 2. The van der Waals surface area contributed by atoms with Crippen molar-refractivity contribution in [3.05, 3.63) is 41.9 Å². The van der Waals surface area contributed by atoms with Gasteiger partial charge in [0.1, 0.15) is 22.7 Å². The summed E-state index contributed by atoms with van der Waals surface area (Å²) in [6.07, 6.45) is 9.86. The summed E-state index contributed by atoms with van der Waals surface area (Å²) in [5.74, 6) is 0.954. The first-order valence-corrected chi connectivity index (χ1v) is 13.1. The fourth-order valence-electron chi connectivity index (χ4n) is 4.15. The molecule has 2 saturated carbocycles. The van der Waals surface area contributed by atoms with Crippen molar-refractivity contribution in [2.24, 2.45) is 5.92 Å². The van der Waals surface area contributed by atoms with Crippen LogP contribution in [0.1, 0.15) is 61.0 Å². The first kappa shape index (κ1) is 22.0. The highest BCUT2D eigenvalue weighted by atomic mass is 35.7. The third-order valence-electron chi connectivity index (χ3n) is 5.99. The number of hydrogen-bond donors (Lipinski definition) is 1. The molecule has 2 aromatic rings. The number of nitrogens with one attached hydrogen (secondary N) is 1. The van der Waals surface area contributed by atoms with Crippen LogP contribution in [-0.4, -0.2) is 36.9 Å². The van der Waals surface area contributed by atoms with Crippen molar-refractivity contribution in [2.75, 3.05) is 16.8 Å². The van der Waals surface area contributed by atoms with Crippen molar-refractivity contribution in [3.63, 3.8) is 0 Å². The Morgan fingerprint density at radius 3 is 2.55 bits per heavy atom. The zero-order valence-corrected chi connectivity index (χ0v) is 19.1. The van der Waals surface area contributed by atoms with Gasteiger partial charge in [0.25, 0.3) is 15.0 Å². The van der Waals surface area contributed by atoms with E-state index in [4.69, 9.17) is 10.7 Å². The lowest BCUT2D eigenvalue weighted by Gasteiger charge is -2.35. The van der Waals surface area contributed by atoms with E-state index >= 15 is 0 Å². The average Bonchev–Trinajstić information content (AvgIpc) is 3.57. The molecule has 0 unspecified atom stereocenters. The van der Waals surface area contributed by atoms with E-state index in [1.54, 1.807) is 19.1 Å².